The smallest absolute Gasteiger partial charge is 0.105 e. The number of fused-ring (bicyclic) bond motifs is 1. The molecule has 2 rings (SSSR count). The lowest BCUT2D eigenvalue weighted by atomic mass is 9.99. The monoisotopic (exact) mass is 264 g/mol. The second-order valence-electron chi connectivity index (χ2n) is 6.21. The Kier molecular flexibility index (Phi) is 5.20. The molecule has 108 valence electrons. The highest BCUT2D eigenvalue weighted by atomic mass is 15.3. The van der Waals surface area contributed by atoms with E-state index >= 15 is 0 Å². The van der Waals surface area contributed by atoms with Crippen LogP contribution in [0.15, 0.2) is 0 Å². The van der Waals surface area contributed by atoms with Gasteiger partial charge in [0.15, 0.2) is 0 Å². The predicted molar refractivity (Wildman–Crippen MR) is 78.0 cm³/mol. The third kappa shape index (κ3) is 3.92. The number of rotatable bonds is 5. The Balaban J connectivity index is 1.83. The lowest BCUT2D eigenvalue weighted by molar-refractivity contribution is 0.208. The molecule has 2 unspecified atom stereocenters. The molecular weight excluding hydrogens is 236 g/mol. The highest BCUT2D eigenvalue weighted by Gasteiger charge is 2.30. The van der Waals surface area contributed by atoms with Crippen LogP contribution in [-0.2, 0) is 0 Å². The van der Waals surface area contributed by atoms with Gasteiger partial charge in [-0.25, -0.2) is 0 Å². The number of hydrogen-bond acceptors (Lipinski definition) is 4. The first-order chi connectivity index (χ1) is 9.17. The van der Waals surface area contributed by atoms with E-state index in [9.17, 15) is 5.26 Å². The second-order valence-corrected chi connectivity index (χ2v) is 6.21. The maximum absolute atomic E-state index is 9.31. The van der Waals surface area contributed by atoms with Crippen LogP contribution >= 0.6 is 0 Å². The molecule has 0 aromatic heterocycles. The molecule has 1 N–H and O–H groups in total. The molecule has 0 amide bonds. The van der Waals surface area contributed by atoms with Gasteiger partial charge in [-0.1, -0.05) is 6.92 Å². The van der Waals surface area contributed by atoms with Gasteiger partial charge in [-0.15, -0.1) is 0 Å². The fourth-order valence-corrected chi connectivity index (χ4v) is 3.44. The van der Waals surface area contributed by atoms with E-state index in [4.69, 9.17) is 0 Å². The van der Waals surface area contributed by atoms with Crippen molar-refractivity contribution >= 4 is 0 Å². The quantitative estimate of drug-likeness (QED) is 0.816. The molecule has 0 bridgehead atoms. The van der Waals surface area contributed by atoms with Gasteiger partial charge < -0.3 is 4.90 Å². The highest BCUT2D eigenvalue weighted by molar-refractivity contribution is 5.04. The van der Waals surface area contributed by atoms with Crippen LogP contribution in [0.3, 0.4) is 0 Å². The van der Waals surface area contributed by atoms with Gasteiger partial charge in [0.25, 0.3) is 0 Å². The average Bonchev–Trinajstić information content (AvgIpc) is 2.75. The summed E-state index contributed by atoms with van der Waals surface area (Å²) in [5.41, 5.74) is -0.365. The molecule has 0 spiro atoms. The average molecular weight is 264 g/mol. The largest absolute Gasteiger partial charge is 0.302 e. The van der Waals surface area contributed by atoms with E-state index in [1.807, 2.05) is 6.92 Å². The fraction of sp³-hybridized carbons (Fsp3) is 0.933. The van der Waals surface area contributed by atoms with Gasteiger partial charge in [0, 0.05) is 19.1 Å². The fourth-order valence-electron chi connectivity index (χ4n) is 3.44. The summed E-state index contributed by atoms with van der Waals surface area (Å²) in [5, 5.41) is 12.6. The van der Waals surface area contributed by atoms with E-state index in [2.05, 4.69) is 28.1 Å². The van der Waals surface area contributed by atoms with Crippen LogP contribution in [0.25, 0.3) is 0 Å². The van der Waals surface area contributed by atoms with Crippen molar-refractivity contribution in [2.75, 3.05) is 39.3 Å². The molecule has 19 heavy (non-hydrogen) atoms. The Hall–Kier alpha value is -0.630. The zero-order chi connectivity index (χ0) is 13.7. The van der Waals surface area contributed by atoms with E-state index in [-0.39, 0.29) is 5.54 Å². The molecule has 2 saturated heterocycles. The first-order valence-electron chi connectivity index (χ1n) is 7.79. The zero-order valence-electron chi connectivity index (χ0n) is 12.5. The third-order valence-corrected chi connectivity index (χ3v) is 4.63. The molecule has 2 aliphatic rings. The van der Waals surface area contributed by atoms with Gasteiger partial charge in [0.05, 0.1) is 6.07 Å². The van der Waals surface area contributed by atoms with Crippen LogP contribution in [0.1, 0.15) is 39.5 Å². The van der Waals surface area contributed by atoms with Crippen molar-refractivity contribution in [1.29, 1.82) is 5.26 Å². The summed E-state index contributed by atoms with van der Waals surface area (Å²) in [7, 11) is 0. The molecule has 0 saturated carbocycles. The predicted octanol–water partition coefficient (Wildman–Crippen LogP) is 1.44. The molecular formula is C15H28N4. The Morgan fingerprint density at radius 1 is 1.32 bits per heavy atom. The van der Waals surface area contributed by atoms with Gasteiger partial charge in [-0.3, -0.25) is 10.2 Å². The molecule has 0 aliphatic carbocycles. The number of nitrogens with one attached hydrogen (secondary N) is 1. The van der Waals surface area contributed by atoms with E-state index in [0.29, 0.717) is 0 Å². The van der Waals surface area contributed by atoms with Crippen LogP contribution in [0, 0.1) is 11.3 Å². The lowest BCUT2D eigenvalue weighted by Gasteiger charge is -2.29. The first-order valence-corrected chi connectivity index (χ1v) is 7.79. The van der Waals surface area contributed by atoms with Crippen molar-refractivity contribution in [2.24, 2.45) is 0 Å². The van der Waals surface area contributed by atoms with Gasteiger partial charge in [-0.05, 0) is 58.8 Å². The van der Waals surface area contributed by atoms with Crippen molar-refractivity contribution < 1.29 is 0 Å². The Bertz CT molecular complexity index is 325. The molecule has 2 atom stereocenters. The van der Waals surface area contributed by atoms with E-state index in [1.54, 1.807) is 0 Å². The molecule has 2 heterocycles. The van der Waals surface area contributed by atoms with Crippen molar-refractivity contribution in [3.63, 3.8) is 0 Å². The minimum absolute atomic E-state index is 0.365. The van der Waals surface area contributed by atoms with Crippen LogP contribution in [0.2, 0.25) is 0 Å². The van der Waals surface area contributed by atoms with Crippen molar-refractivity contribution in [2.45, 2.75) is 51.1 Å². The molecule has 2 fully saturated rings. The van der Waals surface area contributed by atoms with Crippen LogP contribution in [-0.4, -0.2) is 60.6 Å². The van der Waals surface area contributed by atoms with Crippen LogP contribution in [0.4, 0.5) is 0 Å². The van der Waals surface area contributed by atoms with E-state index < -0.39 is 0 Å². The summed E-state index contributed by atoms with van der Waals surface area (Å²) in [6, 6.07) is 3.21. The Morgan fingerprint density at radius 2 is 2.11 bits per heavy atom. The topological polar surface area (TPSA) is 42.3 Å². The molecule has 0 aromatic rings. The van der Waals surface area contributed by atoms with Crippen LogP contribution in [0.5, 0.6) is 0 Å². The highest BCUT2D eigenvalue weighted by Crippen LogP contribution is 2.22. The maximum Gasteiger partial charge on any atom is 0.105 e. The summed E-state index contributed by atoms with van der Waals surface area (Å²) >= 11 is 0. The van der Waals surface area contributed by atoms with E-state index in [1.165, 1.54) is 45.4 Å². The van der Waals surface area contributed by atoms with Gasteiger partial charge in [-0.2, -0.15) is 5.26 Å². The van der Waals surface area contributed by atoms with Crippen molar-refractivity contribution in [1.82, 2.24) is 15.1 Å². The second kappa shape index (κ2) is 6.69. The Morgan fingerprint density at radius 3 is 2.84 bits per heavy atom. The zero-order valence-corrected chi connectivity index (χ0v) is 12.5. The molecule has 4 heteroatoms. The van der Waals surface area contributed by atoms with Gasteiger partial charge >= 0.3 is 0 Å². The summed E-state index contributed by atoms with van der Waals surface area (Å²) < 4.78 is 0. The Labute approximate surface area is 117 Å². The van der Waals surface area contributed by atoms with Gasteiger partial charge in [0.2, 0.25) is 0 Å². The number of nitriles is 1. The van der Waals surface area contributed by atoms with Gasteiger partial charge in [0.1, 0.15) is 5.54 Å². The normalized spacial score (nSPS) is 28.4. The standard InChI is InChI=1S/C15H28N4/c1-3-17-15(2,13-16)7-11-18-8-5-10-19-9-4-6-14(19)12-18/h14,17H,3-12H2,1-2H3. The van der Waals surface area contributed by atoms with Crippen molar-refractivity contribution in [3.05, 3.63) is 0 Å². The summed E-state index contributed by atoms with van der Waals surface area (Å²) in [5.74, 6) is 0. The summed E-state index contributed by atoms with van der Waals surface area (Å²) in [4.78, 5) is 5.23. The number of nitrogens with zero attached hydrogens (tertiary/aromatic N) is 3. The SMILES string of the molecule is CCNC(C)(C#N)CCN1CCCN2CCCC2C1. The summed E-state index contributed by atoms with van der Waals surface area (Å²) in [6.07, 6.45) is 4.93. The van der Waals surface area contributed by atoms with E-state index in [0.717, 1.165) is 25.6 Å². The molecule has 0 aromatic carbocycles. The lowest BCUT2D eigenvalue weighted by Crippen LogP contribution is -2.45. The first kappa shape index (κ1) is 14.8. The summed E-state index contributed by atoms with van der Waals surface area (Å²) in [6.45, 7) is 11.0. The van der Waals surface area contributed by atoms with Crippen molar-refractivity contribution in [3.8, 4) is 6.07 Å². The molecule has 2 aliphatic heterocycles. The van der Waals surface area contributed by atoms with Crippen LogP contribution < -0.4 is 5.32 Å². The molecule has 4 nitrogen and oxygen atoms in total. The third-order valence-electron chi connectivity index (χ3n) is 4.63. The minimum Gasteiger partial charge on any atom is -0.302 e. The number of hydrogen-bond donors (Lipinski definition) is 1. The molecule has 0 radical (unpaired) electrons. The maximum atomic E-state index is 9.31. The minimum atomic E-state index is -0.365.